The first kappa shape index (κ1) is 16.9. The predicted octanol–water partition coefficient (Wildman–Crippen LogP) is 0.912. The summed E-state index contributed by atoms with van der Waals surface area (Å²) in [5.41, 5.74) is -0.347. The first-order valence-electron chi connectivity index (χ1n) is 6.55. The molecular weight excluding hydrogens is 232 g/mol. The molecule has 2 amide bonds. The molecule has 0 heterocycles. The molecule has 0 aromatic rings. The maximum atomic E-state index is 11.9. The van der Waals surface area contributed by atoms with Crippen molar-refractivity contribution in [3.63, 3.8) is 0 Å². The fourth-order valence-corrected chi connectivity index (χ4v) is 1.74. The van der Waals surface area contributed by atoms with Gasteiger partial charge in [-0.15, -0.1) is 0 Å². The molecule has 0 saturated carbocycles. The molecule has 5 nitrogen and oxygen atoms in total. The Morgan fingerprint density at radius 1 is 1.17 bits per heavy atom. The summed E-state index contributed by atoms with van der Waals surface area (Å²) < 4.78 is 0. The molecule has 18 heavy (non-hydrogen) atoms. The van der Waals surface area contributed by atoms with E-state index in [0.717, 1.165) is 19.3 Å². The van der Waals surface area contributed by atoms with Crippen LogP contribution in [0.5, 0.6) is 0 Å². The van der Waals surface area contributed by atoms with Crippen LogP contribution in [-0.4, -0.2) is 47.1 Å². The topological polar surface area (TPSA) is 69.6 Å². The van der Waals surface area contributed by atoms with Crippen LogP contribution < -0.4 is 5.32 Å². The van der Waals surface area contributed by atoms with Gasteiger partial charge in [-0.3, -0.25) is 9.59 Å². The van der Waals surface area contributed by atoms with Gasteiger partial charge in [0.1, 0.15) is 0 Å². The Balaban J connectivity index is 4.13. The second kappa shape index (κ2) is 8.08. The highest BCUT2D eigenvalue weighted by molar-refractivity contribution is 6.35. The third-order valence-corrected chi connectivity index (χ3v) is 2.69. The van der Waals surface area contributed by atoms with E-state index in [-0.39, 0.29) is 12.1 Å². The molecule has 106 valence electrons. The van der Waals surface area contributed by atoms with Crippen molar-refractivity contribution in [1.29, 1.82) is 0 Å². The van der Waals surface area contributed by atoms with Gasteiger partial charge < -0.3 is 15.3 Å². The molecular formula is C13H26N2O3. The van der Waals surface area contributed by atoms with Gasteiger partial charge in [0.2, 0.25) is 0 Å². The van der Waals surface area contributed by atoms with Gasteiger partial charge in [-0.1, -0.05) is 0 Å². The average molecular weight is 258 g/mol. The van der Waals surface area contributed by atoms with Gasteiger partial charge in [0.05, 0.1) is 0 Å². The van der Waals surface area contributed by atoms with Gasteiger partial charge in [0.25, 0.3) is 0 Å². The van der Waals surface area contributed by atoms with E-state index in [1.54, 1.807) is 4.90 Å². The zero-order chi connectivity index (χ0) is 14.2. The lowest BCUT2D eigenvalue weighted by Crippen LogP contribution is -2.51. The molecule has 0 aliphatic carbocycles. The molecule has 0 atom stereocenters. The zero-order valence-electron chi connectivity index (χ0n) is 12.0. The van der Waals surface area contributed by atoms with Crippen molar-refractivity contribution < 1.29 is 14.7 Å². The summed E-state index contributed by atoms with van der Waals surface area (Å²) in [7, 11) is 0. The molecule has 0 aromatic heterocycles. The molecule has 0 fully saturated rings. The number of nitrogens with one attached hydrogen (secondary N) is 1. The van der Waals surface area contributed by atoms with E-state index < -0.39 is 11.8 Å². The Morgan fingerprint density at radius 3 is 2.22 bits per heavy atom. The normalized spacial score (nSPS) is 11.2. The van der Waals surface area contributed by atoms with Crippen LogP contribution >= 0.6 is 0 Å². The van der Waals surface area contributed by atoms with Crippen LogP contribution in [0.3, 0.4) is 0 Å². The lowest BCUT2D eigenvalue weighted by molar-refractivity contribution is -0.148. The molecule has 0 saturated heterocycles. The Kier molecular flexibility index (Phi) is 7.59. The van der Waals surface area contributed by atoms with E-state index in [1.165, 1.54) is 0 Å². The van der Waals surface area contributed by atoms with Crippen molar-refractivity contribution in [2.24, 2.45) is 0 Å². The number of hydrogen-bond donors (Lipinski definition) is 2. The number of rotatable bonds is 6. The Bertz CT molecular complexity index is 272. The number of carbonyl (C=O) groups excluding carboxylic acids is 2. The van der Waals surface area contributed by atoms with Crippen molar-refractivity contribution >= 4 is 11.8 Å². The minimum Gasteiger partial charge on any atom is -0.396 e. The van der Waals surface area contributed by atoms with Gasteiger partial charge in [-0.25, -0.2) is 0 Å². The maximum absolute atomic E-state index is 11.9. The first-order chi connectivity index (χ1) is 8.34. The van der Waals surface area contributed by atoms with Crippen LogP contribution in [0.25, 0.3) is 0 Å². The standard InChI is InChI=1S/C13H26N2O3/c1-5-15(13(2,3)4)12(18)11(17)14-9-7-6-8-10-16/h16H,5-10H2,1-4H3,(H,14,17). The third-order valence-electron chi connectivity index (χ3n) is 2.69. The molecule has 0 rings (SSSR count). The van der Waals surface area contributed by atoms with E-state index in [9.17, 15) is 9.59 Å². The first-order valence-corrected chi connectivity index (χ1v) is 6.55. The smallest absolute Gasteiger partial charge is 0.312 e. The van der Waals surface area contributed by atoms with Gasteiger partial charge in [-0.05, 0) is 47.0 Å². The van der Waals surface area contributed by atoms with Gasteiger partial charge in [0.15, 0.2) is 0 Å². The lowest BCUT2D eigenvalue weighted by atomic mass is 10.1. The van der Waals surface area contributed by atoms with Crippen molar-refractivity contribution in [3.8, 4) is 0 Å². The average Bonchev–Trinajstić information content (AvgIpc) is 2.27. The number of aliphatic hydroxyl groups is 1. The van der Waals surface area contributed by atoms with E-state index in [2.05, 4.69) is 5.32 Å². The molecule has 5 heteroatoms. The van der Waals surface area contributed by atoms with Crippen molar-refractivity contribution in [2.45, 2.75) is 52.5 Å². The maximum Gasteiger partial charge on any atom is 0.312 e. The summed E-state index contributed by atoms with van der Waals surface area (Å²) in [6.07, 6.45) is 2.36. The van der Waals surface area contributed by atoms with E-state index in [4.69, 9.17) is 5.11 Å². The number of amides is 2. The number of aliphatic hydroxyl groups excluding tert-OH is 1. The van der Waals surface area contributed by atoms with Crippen LogP contribution in [0.1, 0.15) is 47.0 Å². The molecule has 0 unspecified atom stereocenters. The van der Waals surface area contributed by atoms with E-state index in [1.807, 2.05) is 27.7 Å². The number of unbranched alkanes of at least 4 members (excludes halogenated alkanes) is 2. The fraction of sp³-hybridized carbons (Fsp3) is 0.846. The quantitative estimate of drug-likeness (QED) is 0.549. The van der Waals surface area contributed by atoms with Crippen LogP contribution in [0.15, 0.2) is 0 Å². The van der Waals surface area contributed by atoms with Gasteiger partial charge in [0, 0.05) is 25.2 Å². The largest absolute Gasteiger partial charge is 0.396 e. The molecule has 0 spiro atoms. The molecule has 0 aliphatic rings. The predicted molar refractivity (Wildman–Crippen MR) is 71.1 cm³/mol. The van der Waals surface area contributed by atoms with Crippen LogP contribution in [-0.2, 0) is 9.59 Å². The van der Waals surface area contributed by atoms with Crippen molar-refractivity contribution in [2.75, 3.05) is 19.7 Å². The van der Waals surface area contributed by atoms with Crippen LogP contribution in [0, 0.1) is 0 Å². The summed E-state index contributed by atoms with van der Waals surface area (Å²) in [6.45, 7) is 8.74. The minimum absolute atomic E-state index is 0.167. The molecule has 0 aromatic carbocycles. The second-order valence-electron chi connectivity index (χ2n) is 5.26. The molecule has 2 N–H and O–H groups in total. The SMILES string of the molecule is CCN(C(=O)C(=O)NCCCCCO)C(C)(C)C. The van der Waals surface area contributed by atoms with Crippen molar-refractivity contribution in [3.05, 3.63) is 0 Å². The van der Waals surface area contributed by atoms with Gasteiger partial charge in [-0.2, -0.15) is 0 Å². The Morgan fingerprint density at radius 2 is 1.78 bits per heavy atom. The Hall–Kier alpha value is -1.10. The Labute approximate surface area is 110 Å². The van der Waals surface area contributed by atoms with E-state index >= 15 is 0 Å². The highest BCUT2D eigenvalue weighted by Crippen LogP contribution is 2.12. The highest BCUT2D eigenvalue weighted by Gasteiger charge is 2.29. The zero-order valence-corrected chi connectivity index (χ0v) is 12.0. The monoisotopic (exact) mass is 258 g/mol. The second-order valence-corrected chi connectivity index (χ2v) is 5.26. The summed E-state index contributed by atoms with van der Waals surface area (Å²) in [5.74, 6) is -1.03. The molecule has 0 aliphatic heterocycles. The van der Waals surface area contributed by atoms with Crippen LogP contribution in [0.4, 0.5) is 0 Å². The highest BCUT2D eigenvalue weighted by atomic mass is 16.3. The number of hydrogen-bond acceptors (Lipinski definition) is 3. The molecule has 0 radical (unpaired) electrons. The number of carbonyl (C=O) groups is 2. The molecule has 0 bridgehead atoms. The number of nitrogens with zero attached hydrogens (tertiary/aromatic N) is 1. The lowest BCUT2D eigenvalue weighted by Gasteiger charge is -2.34. The minimum atomic E-state index is -0.546. The van der Waals surface area contributed by atoms with Crippen LogP contribution in [0.2, 0.25) is 0 Å². The number of likely N-dealkylation sites (N-methyl/N-ethyl adjacent to an activating group) is 1. The summed E-state index contributed by atoms with van der Waals surface area (Å²) >= 11 is 0. The summed E-state index contributed by atoms with van der Waals surface area (Å²) in [6, 6.07) is 0. The van der Waals surface area contributed by atoms with Crippen molar-refractivity contribution in [1.82, 2.24) is 10.2 Å². The van der Waals surface area contributed by atoms with E-state index in [0.29, 0.717) is 13.1 Å². The van der Waals surface area contributed by atoms with Gasteiger partial charge >= 0.3 is 11.8 Å². The fourth-order valence-electron chi connectivity index (χ4n) is 1.74. The summed E-state index contributed by atoms with van der Waals surface area (Å²) in [5, 5.41) is 11.2. The summed E-state index contributed by atoms with van der Waals surface area (Å²) in [4.78, 5) is 25.1. The third kappa shape index (κ3) is 6.00.